The van der Waals surface area contributed by atoms with Crippen molar-refractivity contribution in [3.63, 3.8) is 0 Å². The van der Waals surface area contributed by atoms with Crippen molar-refractivity contribution in [2.45, 2.75) is 38.8 Å². The van der Waals surface area contributed by atoms with Crippen LogP contribution in [0.5, 0.6) is 0 Å². The van der Waals surface area contributed by atoms with Crippen molar-refractivity contribution in [2.24, 2.45) is 7.05 Å². The van der Waals surface area contributed by atoms with Gasteiger partial charge in [-0.1, -0.05) is 6.92 Å². The molecule has 0 saturated heterocycles. The van der Waals surface area contributed by atoms with Crippen LogP contribution < -0.4 is 5.32 Å². The number of aliphatic hydroxyl groups is 1. The van der Waals surface area contributed by atoms with Crippen LogP contribution in [0, 0.1) is 0 Å². The fraction of sp³-hybridized carbons (Fsp3) is 0.769. The van der Waals surface area contributed by atoms with Gasteiger partial charge in [-0.2, -0.15) is 5.10 Å². The maximum absolute atomic E-state index is 10.1. The van der Waals surface area contributed by atoms with E-state index in [1.807, 2.05) is 18.7 Å². The molecule has 6 heteroatoms. The van der Waals surface area contributed by atoms with Gasteiger partial charge in [0.25, 0.3) is 0 Å². The van der Waals surface area contributed by atoms with E-state index in [0.717, 1.165) is 22.3 Å². The third kappa shape index (κ3) is 4.87. The largest absolute Gasteiger partial charge is 0.389 e. The molecule has 0 saturated carbocycles. The highest BCUT2D eigenvalue weighted by Gasteiger charge is 2.20. The fourth-order valence-corrected chi connectivity index (χ4v) is 2.63. The van der Waals surface area contributed by atoms with Crippen LogP contribution in [0.15, 0.2) is 4.47 Å². The van der Waals surface area contributed by atoms with E-state index in [1.54, 1.807) is 7.11 Å². The first kappa shape index (κ1) is 16.6. The molecule has 0 bridgehead atoms. The Bertz CT molecular complexity index is 405. The highest BCUT2D eigenvalue weighted by Crippen LogP contribution is 2.21. The molecule has 0 aromatic carbocycles. The minimum atomic E-state index is -0.755. The van der Waals surface area contributed by atoms with Gasteiger partial charge in [0.2, 0.25) is 0 Å². The first-order chi connectivity index (χ1) is 8.91. The molecule has 1 atom stereocenters. The molecule has 0 aliphatic heterocycles. The Balaban J connectivity index is 2.51. The van der Waals surface area contributed by atoms with Gasteiger partial charge in [-0.05, 0) is 29.3 Å². The summed E-state index contributed by atoms with van der Waals surface area (Å²) in [6.07, 6.45) is 1.52. The molecule has 1 aromatic rings. The molecular weight excluding hydrogens is 310 g/mol. The SMILES string of the molecule is CCc1nn(C)c(CNCC(C)(O)CCOC)c1Br. The lowest BCUT2D eigenvalue weighted by Crippen LogP contribution is -2.38. The van der Waals surface area contributed by atoms with Crippen LogP contribution in [0.4, 0.5) is 0 Å². The van der Waals surface area contributed by atoms with Crippen LogP contribution in [0.1, 0.15) is 31.7 Å². The van der Waals surface area contributed by atoms with Gasteiger partial charge in [-0.15, -0.1) is 0 Å². The first-order valence-electron chi connectivity index (χ1n) is 6.53. The van der Waals surface area contributed by atoms with Crippen molar-refractivity contribution in [1.29, 1.82) is 0 Å². The third-order valence-electron chi connectivity index (χ3n) is 3.15. The average molecular weight is 334 g/mol. The molecule has 5 nitrogen and oxygen atoms in total. The van der Waals surface area contributed by atoms with Gasteiger partial charge in [0.1, 0.15) is 0 Å². The number of aryl methyl sites for hydroxylation is 2. The minimum Gasteiger partial charge on any atom is -0.389 e. The summed E-state index contributed by atoms with van der Waals surface area (Å²) in [5.41, 5.74) is 1.40. The van der Waals surface area contributed by atoms with E-state index in [2.05, 4.69) is 33.3 Å². The molecule has 0 aliphatic carbocycles. The standard InChI is InChI=1S/C13H24BrN3O2/c1-5-10-12(14)11(17(3)16-10)8-15-9-13(2,18)6-7-19-4/h15,18H,5-9H2,1-4H3. The summed E-state index contributed by atoms with van der Waals surface area (Å²) in [7, 11) is 3.58. The summed E-state index contributed by atoms with van der Waals surface area (Å²) in [5.74, 6) is 0. The Hall–Kier alpha value is -0.430. The number of nitrogens with zero attached hydrogens (tertiary/aromatic N) is 2. The zero-order valence-corrected chi connectivity index (χ0v) is 13.7. The van der Waals surface area contributed by atoms with Gasteiger partial charge in [0.15, 0.2) is 0 Å². The Morgan fingerprint density at radius 2 is 2.21 bits per heavy atom. The Kier molecular flexibility index (Phi) is 6.46. The molecule has 0 radical (unpaired) electrons. The molecule has 0 spiro atoms. The minimum absolute atomic E-state index is 0.523. The van der Waals surface area contributed by atoms with Crippen molar-refractivity contribution >= 4 is 15.9 Å². The maximum atomic E-state index is 10.1. The maximum Gasteiger partial charge on any atom is 0.0767 e. The highest BCUT2D eigenvalue weighted by molar-refractivity contribution is 9.10. The van der Waals surface area contributed by atoms with Crippen LogP contribution >= 0.6 is 15.9 Å². The number of nitrogens with one attached hydrogen (secondary N) is 1. The summed E-state index contributed by atoms with van der Waals surface area (Å²) < 4.78 is 7.92. The lowest BCUT2D eigenvalue weighted by Gasteiger charge is -2.23. The normalized spacial score (nSPS) is 14.6. The monoisotopic (exact) mass is 333 g/mol. The van der Waals surface area contributed by atoms with E-state index in [0.29, 0.717) is 26.1 Å². The fourth-order valence-electron chi connectivity index (χ4n) is 1.87. The Labute approximate surface area is 123 Å². The number of hydrogen-bond acceptors (Lipinski definition) is 4. The second kappa shape index (κ2) is 7.38. The molecule has 2 N–H and O–H groups in total. The molecule has 0 amide bonds. The van der Waals surface area contributed by atoms with Crippen molar-refractivity contribution in [3.8, 4) is 0 Å². The quantitative estimate of drug-likeness (QED) is 0.759. The molecule has 0 fully saturated rings. The third-order valence-corrected chi connectivity index (χ3v) is 4.06. The van der Waals surface area contributed by atoms with Gasteiger partial charge in [0.05, 0.1) is 21.5 Å². The van der Waals surface area contributed by atoms with Gasteiger partial charge < -0.3 is 15.2 Å². The van der Waals surface area contributed by atoms with Crippen molar-refractivity contribution in [3.05, 3.63) is 15.9 Å². The molecule has 110 valence electrons. The van der Waals surface area contributed by atoms with Crippen LogP contribution in [0.2, 0.25) is 0 Å². The smallest absolute Gasteiger partial charge is 0.0767 e. The molecule has 0 aliphatic rings. The van der Waals surface area contributed by atoms with E-state index in [4.69, 9.17) is 4.74 Å². The Morgan fingerprint density at radius 1 is 1.53 bits per heavy atom. The van der Waals surface area contributed by atoms with Crippen molar-refractivity contribution in [2.75, 3.05) is 20.3 Å². The summed E-state index contributed by atoms with van der Waals surface area (Å²) in [6, 6.07) is 0. The Morgan fingerprint density at radius 3 is 2.74 bits per heavy atom. The number of aromatic nitrogens is 2. The molecule has 1 aromatic heterocycles. The molecular formula is C13H24BrN3O2. The van der Waals surface area contributed by atoms with Crippen LogP contribution in [0.25, 0.3) is 0 Å². The number of hydrogen-bond donors (Lipinski definition) is 2. The first-order valence-corrected chi connectivity index (χ1v) is 7.33. The highest BCUT2D eigenvalue weighted by atomic mass is 79.9. The molecule has 19 heavy (non-hydrogen) atoms. The zero-order valence-electron chi connectivity index (χ0n) is 12.2. The number of methoxy groups -OCH3 is 1. The number of rotatable bonds is 8. The van der Waals surface area contributed by atoms with Crippen molar-refractivity contribution < 1.29 is 9.84 Å². The number of halogens is 1. The van der Waals surface area contributed by atoms with Gasteiger partial charge >= 0.3 is 0 Å². The predicted octanol–water partition coefficient (Wildman–Crippen LogP) is 1.62. The van der Waals surface area contributed by atoms with E-state index >= 15 is 0 Å². The van der Waals surface area contributed by atoms with E-state index in [1.165, 1.54) is 0 Å². The van der Waals surface area contributed by atoms with E-state index < -0.39 is 5.60 Å². The summed E-state index contributed by atoms with van der Waals surface area (Å²) in [5, 5.41) is 17.9. The summed E-state index contributed by atoms with van der Waals surface area (Å²) in [6.45, 7) is 5.65. The second-order valence-electron chi connectivity index (χ2n) is 5.03. The molecule has 1 rings (SSSR count). The lowest BCUT2D eigenvalue weighted by molar-refractivity contribution is 0.0246. The van der Waals surface area contributed by atoms with Gasteiger partial charge in [-0.3, -0.25) is 4.68 Å². The van der Waals surface area contributed by atoms with E-state index in [-0.39, 0.29) is 0 Å². The number of ether oxygens (including phenoxy) is 1. The zero-order chi connectivity index (χ0) is 14.5. The predicted molar refractivity (Wildman–Crippen MR) is 79.1 cm³/mol. The summed E-state index contributed by atoms with van der Waals surface area (Å²) in [4.78, 5) is 0. The second-order valence-corrected chi connectivity index (χ2v) is 5.82. The van der Waals surface area contributed by atoms with Crippen LogP contribution in [-0.2, 0) is 24.8 Å². The van der Waals surface area contributed by atoms with Crippen molar-refractivity contribution in [1.82, 2.24) is 15.1 Å². The van der Waals surface area contributed by atoms with Gasteiger partial charge in [0, 0.05) is 40.3 Å². The topological polar surface area (TPSA) is 59.3 Å². The average Bonchev–Trinajstić information content (AvgIpc) is 2.63. The van der Waals surface area contributed by atoms with E-state index in [9.17, 15) is 5.11 Å². The molecule has 1 heterocycles. The van der Waals surface area contributed by atoms with Gasteiger partial charge in [-0.25, -0.2) is 0 Å². The molecule has 1 unspecified atom stereocenters. The van der Waals surface area contributed by atoms with Crippen LogP contribution in [0.3, 0.4) is 0 Å². The van der Waals surface area contributed by atoms with Crippen LogP contribution in [-0.4, -0.2) is 40.7 Å². The summed E-state index contributed by atoms with van der Waals surface area (Å²) >= 11 is 3.58. The lowest BCUT2D eigenvalue weighted by atomic mass is 10.0.